The molecule has 0 aliphatic carbocycles. The minimum Gasteiger partial charge on any atom is -0.334 e. The molecule has 2 N–H and O–H groups in total. The van der Waals surface area contributed by atoms with Crippen LogP contribution < -0.4 is 10.6 Å². The molecule has 2 amide bonds. The fraction of sp³-hybridized carbons (Fsp3) is 0.444. The summed E-state index contributed by atoms with van der Waals surface area (Å²) in [4.78, 5) is 28.2. The van der Waals surface area contributed by atoms with Gasteiger partial charge in [-0.1, -0.05) is 23.4 Å². The first kappa shape index (κ1) is 18.1. The smallest absolute Gasteiger partial charge is 0.316 e. The molecular weight excluding hydrogens is 332 g/mol. The van der Waals surface area contributed by atoms with Crippen LogP contribution in [0.1, 0.15) is 18.5 Å². The predicted molar refractivity (Wildman–Crippen MR) is 97.1 cm³/mol. The Kier molecular flexibility index (Phi) is 5.62. The van der Waals surface area contributed by atoms with Crippen molar-refractivity contribution < 1.29 is 9.59 Å². The molecule has 0 spiro atoms. The molecule has 2 aromatic rings. The largest absolute Gasteiger partial charge is 0.334 e. The standard InChI is InChI=1S/C18H24N6O2/c1-22(16-7-3-2-4-8-16)17(25)18(26)23-9-5-6-14(11-23)12-24-13-15(10-19)20-21-24/h2-4,7-8,13-14H,5-6,9-12,19H2,1H3/t14-/m1/s1. The number of nitrogens with two attached hydrogens (primary N) is 1. The number of likely N-dealkylation sites (N-methyl/N-ethyl adjacent to an activating group) is 1. The molecule has 1 aromatic carbocycles. The highest BCUT2D eigenvalue weighted by atomic mass is 16.2. The summed E-state index contributed by atoms with van der Waals surface area (Å²) >= 11 is 0. The molecule has 0 bridgehead atoms. The minimum absolute atomic E-state index is 0.245. The van der Waals surface area contributed by atoms with Crippen LogP contribution in [0.25, 0.3) is 0 Å². The molecule has 8 nitrogen and oxygen atoms in total. The number of nitrogens with zero attached hydrogens (tertiary/aromatic N) is 5. The first-order chi connectivity index (χ1) is 12.6. The number of aromatic nitrogens is 3. The van der Waals surface area contributed by atoms with Crippen LogP contribution in [0, 0.1) is 5.92 Å². The Morgan fingerprint density at radius 1 is 1.31 bits per heavy atom. The highest BCUT2D eigenvalue weighted by Crippen LogP contribution is 2.19. The van der Waals surface area contributed by atoms with Crippen molar-refractivity contribution >= 4 is 17.5 Å². The molecule has 1 fully saturated rings. The Bertz CT molecular complexity index is 760. The lowest BCUT2D eigenvalue weighted by atomic mass is 9.98. The Balaban J connectivity index is 1.61. The van der Waals surface area contributed by atoms with Crippen LogP contribution in [0.5, 0.6) is 0 Å². The van der Waals surface area contributed by atoms with Gasteiger partial charge in [0, 0.05) is 45.1 Å². The number of hydrogen-bond donors (Lipinski definition) is 1. The van der Waals surface area contributed by atoms with Crippen molar-refractivity contribution in [2.24, 2.45) is 11.7 Å². The molecule has 0 saturated carbocycles. The summed E-state index contributed by atoms with van der Waals surface area (Å²) in [5.74, 6) is -0.722. The van der Waals surface area contributed by atoms with Crippen LogP contribution in [0.4, 0.5) is 5.69 Å². The van der Waals surface area contributed by atoms with E-state index in [4.69, 9.17) is 5.73 Å². The topological polar surface area (TPSA) is 97.4 Å². The molecule has 3 rings (SSSR count). The molecule has 1 atom stereocenters. The van der Waals surface area contributed by atoms with Crippen molar-refractivity contribution in [2.75, 3.05) is 25.0 Å². The fourth-order valence-corrected chi connectivity index (χ4v) is 3.23. The lowest BCUT2D eigenvalue weighted by Gasteiger charge is -2.33. The zero-order chi connectivity index (χ0) is 18.5. The number of carbonyl (C=O) groups is 2. The van der Waals surface area contributed by atoms with Gasteiger partial charge >= 0.3 is 11.8 Å². The number of anilines is 1. The third kappa shape index (κ3) is 4.08. The van der Waals surface area contributed by atoms with Crippen LogP contribution in [0.3, 0.4) is 0 Å². The van der Waals surface area contributed by atoms with E-state index in [9.17, 15) is 9.59 Å². The van der Waals surface area contributed by atoms with Crippen LogP contribution >= 0.6 is 0 Å². The summed E-state index contributed by atoms with van der Waals surface area (Å²) in [5.41, 5.74) is 7.01. The van der Waals surface area contributed by atoms with E-state index in [1.54, 1.807) is 16.6 Å². The summed E-state index contributed by atoms with van der Waals surface area (Å²) < 4.78 is 1.76. The third-order valence-electron chi connectivity index (χ3n) is 4.68. The average Bonchev–Trinajstić information content (AvgIpc) is 3.14. The van der Waals surface area contributed by atoms with Gasteiger partial charge in [-0.15, -0.1) is 5.10 Å². The number of rotatable bonds is 4. The van der Waals surface area contributed by atoms with Gasteiger partial charge in [-0.25, -0.2) is 0 Å². The van der Waals surface area contributed by atoms with E-state index in [1.807, 2.05) is 36.5 Å². The van der Waals surface area contributed by atoms with Gasteiger partial charge in [-0.05, 0) is 30.9 Å². The van der Waals surface area contributed by atoms with Gasteiger partial charge in [0.2, 0.25) is 0 Å². The number of hydrogen-bond acceptors (Lipinski definition) is 5. The maximum Gasteiger partial charge on any atom is 0.316 e. The van der Waals surface area contributed by atoms with Crippen molar-refractivity contribution in [3.8, 4) is 0 Å². The second-order valence-corrected chi connectivity index (χ2v) is 6.60. The quantitative estimate of drug-likeness (QED) is 0.811. The number of amides is 2. The Hall–Kier alpha value is -2.74. The van der Waals surface area contributed by atoms with Gasteiger partial charge < -0.3 is 15.5 Å². The van der Waals surface area contributed by atoms with E-state index in [0.29, 0.717) is 31.9 Å². The summed E-state index contributed by atoms with van der Waals surface area (Å²) in [7, 11) is 1.63. The van der Waals surface area contributed by atoms with Crippen molar-refractivity contribution in [3.05, 3.63) is 42.2 Å². The molecule has 26 heavy (non-hydrogen) atoms. The molecule has 1 saturated heterocycles. The van der Waals surface area contributed by atoms with Crippen molar-refractivity contribution in [1.82, 2.24) is 19.9 Å². The molecule has 1 aromatic heterocycles. The molecule has 0 unspecified atom stereocenters. The van der Waals surface area contributed by atoms with Gasteiger partial charge in [0.25, 0.3) is 0 Å². The van der Waals surface area contributed by atoms with E-state index in [2.05, 4.69) is 10.3 Å². The number of likely N-dealkylation sites (tertiary alicyclic amines) is 1. The fourth-order valence-electron chi connectivity index (χ4n) is 3.23. The second-order valence-electron chi connectivity index (χ2n) is 6.60. The Labute approximate surface area is 152 Å². The summed E-state index contributed by atoms with van der Waals surface area (Å²) in [6.07, 6.45) is 3.69. The Morgan fingerprint density at radius 2 is 2.08 bits per heavy atom. The van der Waals surface area contributed by atoms with E-state index in [0.717, 1.165) is 18.5 Å². The Morgan fingerprint density at radius 3 is 2.77 bits per heavy atom. The van der Waals surface area contributed by atoms with Gasteiger partial charge in [-0.2, -0.15) is 0 Å². The molecule has 1 aliphatic rings. The van der Waals surface area contributed by atoms with Gasteiger partial charge in [-0.3, -0.25) is 14.3 Å². The summed E-state index contributed by atoms with van der Waals surface area (Å²) in [6, 6.07) is 9.18. The summed E-state index contributed by atoms with van der Waals surface area (Å²) in [5, 5.41) is 8.05. The maximum atomic E-state index is 12.6. The number of benzene rings is 1. The van der Waals surface area contributed by atoms with Crippen LogP contribution in [-0.4, -0.2) is 51.8 Å². The van der Waals surface area contributed by atoms with Gasteiger partial charge in [0.1, 0.15) is 0 Å². The molecule has 2 heterocycles. The molecule has 138 valence electrons. The van der Waals surface area contributed by atoms with E-state index < -0.39 is 11.8 Å². The van der Waals surface area contributed by atoms with Crippen molar-refractivity contribution in [2.45, 2.75) is 25.9 Å². The van der Waals surface area contributed by atoms with E-state index in [1.165, 1.54) is 4.90 Å². The second kappa shape index (κ2) is 8.09. The SMILES string of the molecule is CN(C(=O)C(=O)N1CCC[C@@H](Cn2cc(CN)nn2)C1)c1ccccc1. The van der Waals surface area contributed by atoms with E-state index in [-0.39, 0.29) is 5.92 Å². The number of carbonyl (C=O) groups excluding carboxylic acids is 2. The van der Waals surface area contributed by atoms with Gasteiger partial charge in [0.15, 0.2) is 0 Å². The zero-order valence-electron chi connectivity index (χ0n) is 14.9. The lowest BCUT2D eigenvalue weighted by Crippen LogP contribution is -2.48. The van der Waals surface area contributed by atoms with Crippen molar-refractivity contribution in [3.63, 3.8) is 0 Å². The van der Waals surface area contributed by atoms with Gasteiger partial charge in [0.05, 0.1) is 5.69 Å². The zero-order valence-corrected chi connectivity index (χ0v) is 14.9. The summed E-state index contributed by atoms with van der Waals surface area (Å²) in [6.45, 7) is 2.18. The molecule has 1 aliphatic heterocycles. The highest BCUT2D eigenvalue weighted by Gasteiger charge is 2.30. The first-order valence-electron chi connectivity index (χ1n) is 8.79. The highest BCUT2D eigenvalue weighted by molar-refractivity contribution is 6.40. The van der Waals surface area contributed by atoms with Crippen molar-refractivity contribution in [1.29, 1.82) is 0 Å². The average molecular weight is 356 g/mol. The minimum atomic E-state index is -0.511. The molecule has 0 radical (unpaired) electrons. The normalized spacial score (nSPS) is 17.2. The van der Waals surface area contributed by atoms with Crippen LogP contribution in [0.2, 0.25) is 0 Å². The van der Waals surface area contributed by atoms with Crippen LogP contribution in [-0.2, 0) is 22.7 Å². The molecular formula is C18H24N6O2. The lowest BCUT2D eigenvalue weighted by molar-refractivity contribution is -0.145. The number of para-hydroxylation sites is 1. The third-order valence-corrected chi connectivity index (χ3v) is 4.68. The maximum absolute atomic E-state index is 12.6. The number of piperidine rings is 1. The monoisotopic (exact) mass is 356 g/mol. The van der Waals surface area contributed by atoms with E-state index >= 15 is 0 Å². The molecule has 8 heteroatoms. The predicted octanol–water partition coefficient (Wildman–Crippen LogP) is 0.638. The van der Waals surface area contributed by atoms with Crippen LogP contribution in [0.15, 0.2) is 36.5 Å². The first-order valence-corrected chi connectivity index (χ1v) is 8.79.